The van der Waals surface area contributed by atoms with Crippen LogP contribution in [-0.2, 0) is 17.5 Å². The van der Waals surface area contributed by atoms with Crippen molar-refractivity contribution in [3.8, 4) is 11.8 Å². The predicted octanol–water partition coefficient (Wildman–Crippen LogP) is 10.1. The summed E-state index contributed by atoms with van der Waals surface area (Å²) in [6, 6.07) is 20.9. The van der Waals surface area contributed by atoms with Gasteiger partial charge in [0.2, 0.25) is 0 Å². The highest BCUT2D eigenvalue weighted by Gasteiger charge is 2.39. The Bertz CT molecular complexity index is 965. The van der Waals surface area contributed by atoms with E-state index in [9.17, 15) is 5.11 Å². The SMILES string of the molecule is CCCCCCCCCCCCCC#C[C@@H](O)[C@H](CO[Si](C)(C)C(C)(C)C)N(Cc1ccccc1)Cc1ccccc1. The van der Waals surface area contributed by atoms with Crippen molar-refractivity contribution in [2.24, 2.45) is 0 Å². The van der Waals surface area contributed by atoms with E-state index in [1.54, 1.807) is 0 Å². The van der Waals surface area contributed by atoms with Gasteiger partial charge in [0.1, 0.15) is 6.10 Å². The Labute approximate surface area is 260 Å². The molecule has 3 nitrogen and oxygen atoms in total. The van der Waals surface area contributed by atoms with E-state index in [2.05, 4.69) is 118 Å². The normalized spacial score (nSPS) is 13.5. The number of rotatable bonds is 20. The lowest BCUT2D eigenvalue weighted by molar-refractivity contribution is 0.0372. The molecule has 0 saturated carbocycles. The lowest BCUT2D eigenvalue weighted by Gasteiger charge is -2.40. The van der Waals surface area contributed by atoms with Gasteiger partial charge in [-0.25, -0.2) is 0 Å². The van der Waals surface area contributed by atoms with E-state index in [1.807, 2.05) is 0 Å². The van der Waals surface area contributed by atoms with E-state index >= 15 is 0 Å². The fourth-order valence-electron chi connectivity index (χ4n) is 4.98. The highest BCUT2D eigenvalue weighted by atomic mass is 28.4. The second-order valence-electron chi connectivity index (χ2n) is 13.6. The molecular formula is C38H61NO2Si. The van der Waals surface area contributed by atoms with E-state index in [1.165, 1.54) is 75.3 Å². The van der Waals surface area contributed by atoms with Crippen LogP contribution < -0.4 is 0 Å². The third-order valence-corrected chi connectivity index (χ3v) is 13.4. The van der Waals surface area contributed by atoms with Gasteiger partial charge in [-0.15, -0.1) is 5.92 Å². The molecule has 234 valence electrons. The summed E-state index contributed by atoms with van der Waals surface area (Å²) < 4.78 is 6.72. The minimum absolute atomic E-state index is 0.104. The summed E-state index contributed by atoms with van der Waals surface area (Å²) in [6.07, 6.45) is 14.7. The van der Waals surface area contributed by atoms with Gasteiger partial charge in [0.15, 0.2) is 8.32 Å². The molecule has 2 rings (SSSR count). The minimum Gasteiger partial charge on any atom is -0.415 e. The van der Waals surface area contributed by atoms with Crippen molar-refractivity contribution in [1.82, 2.24) is 4.90 Å². The van der Waals surface area contributed by atoms with Gasteiger partial charge < -0.3 is 9.53 Å². The van der Waals surface area contributed by atoms with Crippen LogP contribution in [-0.4, -0.2) is 37.1 Å². The van der Waals surface area contributed by atoms with Crippen molar-refractivity contribution in [3.63, 3.8) is 0 Å². The number of unbranched alkanes of at least 4 members (excludes halogenated alkanes) is 11. The number of benzene rings is 2. The highest BCUT2D eigenvalue weighted by Crippen LogP contribution is 2.37. The van der Waals surface area contributed by atoms with Crippen LogP contribution in [0.25, 0.3) is 0 Å². The fourth-order valence-corrected chi connectivity index (χ4v) is 6.00. The van der Waals surface area contributed by atoms with Gasteiger partial charge in [0.05, 0.1) is 12.6 Å². The van der Waals surface area contributed by atoms with E-state index < -0.39 is 14.4 Å². The second-order valence-corrected chi connectivity index (χ2v) is 18.4. The van der Waals surface area contributed by atoms with Crippen molar-refractivity contribution in [3.05, 3.63) is 71.8 Å². The number of hydrogen-bond donors (Lipinski definition) is 1. The van der Waals surface area contributed by atoms with Crippen LogP contribution in [0.4, 0.5) is 0 Å². The molecule has 4 heteroatoms. The van der Waals surface area contributed by atoms with Crippen molar-refractivity contribution >= 4 is 8.32 Å². The molecule has 0 unspecified atom stereocenters. The van der Waals surface area contributed by atoms with Crippen molar-refractivity contribution in [2.45, 2.75) is 148 Å². The Balaban J connectivity index is 2.02. The molecule has 0 fully saturated rings. The molecule has 0 radical (unpaired) electrons. The summed E-state index contributed by atoms with van der Waals surface area (Å²) >= 11 is 0. The highest BCUT2D eigenvalue weighted by molar-refractivity contribution is 6.74. The summed E-state index contributed by atoms with van der Waals surface area (Å²) in [7, 11) is -2.00. The zero-order valence-corrected chi connectivity index (χ0v) is 28.8. The van der Waals surface area contributed by atoms with E-state index in [0.29, 0.717) is 6.61 Å². The van der Waals surface area contributed by atoms with Crippen molar-refractivity contribution in [2.75, 3.05) is 6.61 Å². The first kappa shape index (κ1) is 36.3. The Kier molecular flexibility index (Phi) is 17.4. The van der Waals surface area contributed by atoms with E-state index in [-0.39, 0.29) is 11.1 Å². The van der Waals surface area contributed by atoms with Crippen molar-refractivity contribution in [1.29, 1.82) is 0 Å². The first-order valence-corrected chi connectivity index (χ1v) is 19.7. The number of aliphatic hydroxyl groups is 1. The van der Waals surface area contributed by atoms with Crippen LogP contribution in [0.1, 0.15) is 116 Å². The Morgan fingerprint density at radius 3 is 1.64 bits per heavy atom. The standard InChI is InChI=1S/C38H61NO2Si/c1-7-8-9-10-11-12-13-14-15-16-17-18-25-30-37(40)36(33-41-42(5,6)38(2,3)4)39(31-34-26-21-19-22-27-34)32-35-28-23-20-24-29-35/h19-24,26-29,36-37,40H,7-18,31-33H2,1-6H3/t36-,37+/m0/s1. The maximum absolute atomic E-state index is 11.5. The van der Waals surface area contributed by atoms with E-state index in [4.69, 9.17) is 4.43 Å². The number of aliphatic hydroxyl groups excluding tert-OH is 1. The van der Waals surface area contributed by atoms with Gasteiger partial charge in [-0.1, -0.05) is 158 Å². The Morgan fingerprint density at radius 1 is 0.738 bits per heavy atom. The molecule has 0 heterocycles. The molecule has 0 amide bonds. The molecule has 2 aromatic rings. The summed E-state index contributed by atoms with van der Waals surface area (Å²) in [4.78, 5) is 2.36. The molecule has 1 N–H and O–H groups in total. The first-order chi connectivity index (χ1) is 20.1. The topological polar surface area (TPSA) is 32.7 Å². The summed E-state index contributed by atoms with van der Waals surface area (Å²) in [5.74, 6) is 6.58. The maximum Gasteiger partial charge on any atom is 0.192 e. The average molecular weight is 592 g/mol. The lowest BCUT2D eigenvalue weighted by atomic mass is 10.0. The molecule has 0 aliphatic rings. The van der Waals surface area contributed by atoms with Crippen LogP contribution in [0, 0.1) is 11.8 Å². The van der Waals surface area contributed by atoms with Gasteiger partial charge in [-0.2, -0.15) is 0 Å². The molecule has 0 aliphatic heterocycles. The van der Waals surface area contributed by atoms with Crippen LogP contribution in [0.5, 0.6) is 0 Å². The molecule has 2 atom stereocenters. The molecule has 42 heavy (non-hydrogen) atoms. The molecule has 0 spiro atoms. The monoisotopic (exact) mass is 591 g/mol. The zero-order chi connectivity index (χ0) is 30.7. The summed E-state index contributed by atoms with van der Waals surface area (Å²) in [5.41, 5.74) is 2.46. The smallest absolute Gasteiger partial charge is 0.192 e. The van der Waals surface area contributed by atoms with Gasteiger partial charge in [-0.3, -0.25) is 4.90 Å². The fraction of sp³-hybridized carbons (Fsp3) is 0.632. The van der Waals surface area contributed by atoms with Gasteiger partial charge in [0, 0.05) is 19.5 Å². The number of hydrogen-bond acceptors (Lipinski definition) is 3. The molecule has 0 aliphatic carbocycles. The predicted molar refractivity (Wildman–Crippen MR) is 184 cm³/mol. The van der Waals surface area contributed by atoms with Gasteiger partial charge >= 0.3 is 0 Å². The molecule has 0 saturated heterocycles. The lowest BCUT2D eigenvalue weighted by Crippen LogP contribution is -2.50. The second kappa shape index (κ2) is 20.1. The van der Waals surface area contributed by atoms with Crippen molar-refractivity contribution < 1.29 is 9.53 Å². The molecule has 0 bridgehead atoms. The molecule has 2 aromatic carbocycles. The molecular weight excluding hydrogens is 531 g/mol. The van der Waals surface area contributed by atoms with E-state index in [0.717, 1.165) is 25.9 Å². The Morgan fingerprint density at radius 2 is 1.19 bits per heavy atom. The maximum atomic E-state index is 11.5. The number of nitrogens with zero attached hydrogens (tertiary/aromatic N) is 1. The van der Waals surface area contributed by atoms with Gasteiger partial charge in [-0.05, 0) is 35.7 Å². The minimum atomic E-state index is -2.00. The summed E-state index contributed by atoms with van der Waals surface area (Å²) in [5, 5.41) is 11.6. The average Bonchev–Trinajstić information content (AvgIpc) is 2.96. The quantitative estimate of drug-likeness (QED) is 0.0944. The Hall–Kier alpha value is -1.90. The third-order valence-electron chi connectivity index (χ3n) is 8.87. The van der Waals surface area contributed by atoms with Crippen LogP contribution in [0.2, 0.25) is 18.1 Å². The van der Waals surface area contributed by atoms with Crippen LogP contribution in [0.15, 0.2) is 60.7 Å². The zero-order valence-electron chi connectivity index (χ0n) is 27.8. The first-order valence-electron chi connectivity index (χ1n) is 16.8. The summed E-state index contributed by atoms with van der Waals surface area (Å²) in [6.45, 7) is 15.6. The third kappa shape index (κ3) is 14.5. The van der Waals surface area contributed by atoms with Crippen LogP contribution in [0.3, 0.4) is 0 Å². The van der Waals surface area contributed by atoms with Crippen LogP contribution >= 0.6 is 0 Å². The van der Waals surface area contributed by atoms with Gasteiger partial charge in [0.25, 0.3) is 0 Å². The largest absolute Gasteiger partial charge is 0.415 e. The molecule has 0 aromatic heterocycles.